The van der Waals surface area contributed by atoms with Gasteiger partial charge in [0.15, 0.2) is 11.5 Å². The molecule has 3 aromatic rings. The Morgan fingerprint density at radius 2 is 1.68 bits per heavy atom. The van der Waals surface area contributed by atoms with Crippen molar-refractivity contribution in [2.75, 3.05) is 7.11 Å². The highest BCUT2D eigenvalue weighted by Gasteiger charge is 2.36. The molecule has 2 unspecified atom stereocenters. The summed E-state index contributed by atoms with van der Waals surface area (Å²) < 4.78 is 16.3. The molecule has 0 amide bonds. The average molecular weight is 549 g/mol. The third-order valence-corrected chi connectivity index (χ3v) is 6.89. The van der Waals surface area contributed by atoms with Gasteiger partial charge in [-0.2, -0.15) is 0 Å². The molecule has 1 aliphatic heterocycles. The van der Waals surface area contributed by atoms with Gasteiger partial charge in [-0.25, -0.2) is 4.79 Å². The SMILES string of the molecule is CCc1cc2c(cc1C(=O)Oc1cc(O)c3c(c1)OC(c1ccc(O)c(O)c1)C(O)C3)C(=O)C(OC)=C(O)C2=O. The number of hydrogen-bond donors (Lipinski definition) is 5. The Hall–Kier alpha value is -5.03. The standard InChI is InChI=1S/C29H24O11/c1-3-12-6-16-17(25(35)28(38-2)26(36)24(16)34)10-15(12)29(37)39-14-8-20(31)18-11-22(33)27(40-23(18)9-14)13-4-5-19(30)21(32)7-13/h4-10,22,27,30-33,36H,3,11H2,1-2H3. The van der Waals surface area contributed by atoms with Crippen molar-refractivity contribution < 1.29 is 54.1 Å². The molecule has 5 rings (SSSR count). The molecule has 40 heavy (non-hydrogen) atoms. The minimum Gasteiger partial charge on any atom is -0.507 e. The largest absolute Gasteiger partial charge is 0.507 e. The topological polar surface area (TPSA) is 180 Å². The summed E-state index contributed by atoms with van der Waals surface area (Å²) >= 11 is 0. The number of methoxy groups -OCH3 is 1. The van der Waals surface area contributed by atoms with Crippen LogP contribution in [0.4, 0.5) is 0 Å². The van der Waals surface area contributed by atoms with E-state index in [-0.39, 0.29) is 51.7 Å². The van der Waals surface area contributed by atoms with Crippen LogP contribution in [0.25, 0.3) is 0 Å². The molecule has 3 aromatic carbocycles. The van der Waals surface area contributed by atoms with E-state index >= 15 is 0 Å². The van der Waals surface area contributed by atoms with Crippen LogP contribution in [0, 0.1) is 0 Å². The molecule has 11 heteroatoms. The third-order valence-electron chi connectivity index (χ3n) is 6.89. The minimum atomic E-state index is -1.09. The molecule has 1 aliphatic carbocycles. The molecule has 0 saturated carbocycles. The molecule has 0 fully saturated rings. The number of fused-ring (bicyclic) bond motifs is 2. The molecule has 1 heterocycles. The first-order valence-corrected chi connectivity index (χ1v) is 12.2. The van der Waals surface area contributed by atoms with Gasteiger partial charge in [0.1, 0.15) is 23.4 Å². The molecule has 5 N–H and O–H groups in total. The highest BCUT2D eigenvalue weighted by atomic mass is 16.5. The van der Waals surface area contributed by atoms with Crippen molar-refractivity contribution in [3.05, 3.63) is 87.4 Å². The number of esters is 1. The molecule has 11 nitrogen and oxygen atoms in total. The normalized spacial score (nSPS) is 18.1. The lowest BCUT2D eigenvalue weighted by molar-refractivity contribution is 0.0196. The lowest BCUT2D eigenvalue weighted by atomic mass is 9.87. The maximum atomic E-state index is 13.2. The monoisotopic (exact) mass is 548 g/mol. The van der Waals surface area contributed by atoms with Crippen molar-refractivity contribution in [2.24, 2.45) is 0 Å². The van der Waals surface area contributed by atoms with Gasteiger partial charge < -0.3 is 39.7 Å². The predicted octanol–water partition coefficient (Wildman–Crippen LogP) is 3.42. The second kappa shape index (κ2) is 9.93. The molecular formula is C29H24O11. The van der Waals surface area contributed by atoms with E-state index in [1.165, 1.54) is 42.5 Å². The van der Waals surface area contributed by atoms with E-state index in [1.54, 1.807) is 6.92 Å². The van der Waals surface area contributed by atoms with Crippen molar-refractivity contribution in [1.29, 1.82) is 0 Å². The Balaban J connectivity index is 1.47. The van der Waals surface area contributed by atoms with E-state index in [1.807, 2.05) is 0 Å². The number of phenols is 3. The maximum absolute atomic E-state index is 13.2. The van der Waals surface area contributed by atoms with Crippen LogP contribution >= 0.6 is 0 Å². The smallest absolute Gasteiger partial charge is 0.343 e. The van der Waals surface area contributed by atoms with Crippen molar-refractivity contribution in [1.82, 2.24) is 0 Å². The molecule has 0 spiro atoms. The Kier molecular flexibility index (Phi) is 6.60. The highest BCUT2D eigenvalue weighted by molar-refractivity contribution is 6.25. The van der Waals surface area contributed by atoms with E-state index in [0.717, 1.165) is 7.11 Å². The fourth-order valence-electron chi connectivity index (χ4n) is 4.83. The summed E-state index contributed by atoms with van der Waals surface area (Å²) in [4.78, 5) is 38.6. The quantitative estimate of drug-likeness (QED) is 0.179. The number of rotatable bonds is 5. The minimum absolute atomic E-state index is 0.00904. The average Bonchev–Trinajstić information content (AvgIpc) is 2.93. The molecule has 2 aliphatic rings. The number of Topliss-reactive ketones (excluding diaryl/α,β-unsaturated/α-hetero) is 2. The Labute approximate surface area is 227 Å². The van der Waals surface area contributed by atoms with E-state index < -0.39 is 47.0 Å². The number of aryl methyl sites for hydroxylation is 1. The van der Waals surface area contributed by atoms with Gasteiger partial charge in [0.25, 0.3) is 0 Å². The van der Waals surface area contributed by atoms with Crippen LogP contribution in [-0.4, -0.2) is 56.3 Å². The lowest BCUT2D eigenvalue weighted by Gasteiger charge is -2.31. The Morgan fingerprint density at radius 1 is 0.950 bits per heavy atom. The molecule has 0 radical (unpaired) electrons. The van der Waals surface area contributed by atoms with Gasteiger partial charge in [0.05, 0.1) is 18.8 Å². The van der Waals surface area contributed by atoms with Gasteiger partial charge in [-0.15, -0.1) is 0 Å². The zero-order valence-corrected chi connectivity index (χ0v) is 21.3. The van der Waals surface area contributed by atoms with Crippen molar-refractivity contribution in [2.45, 2.75) is 32.0 Å². The third kappa shape index (κ3) is 4.35. The number of ketones is 2. The first-order valence-electron chi connectivity index (χ1n) is 12.2. The second-order valence-electron chi connectivity index (χ2n) is 9.32. The predicted molar refractivity (Wildman–Crippen MR) is 137 cm³/mol. The van der Waals surface area contributed by atoms with Crippen LogP contribution in [-0.2, 0) is 17.6 Å². The summed E-state index contributed by atoms with van der Waals surface area (Å²) in [5.41, 5.74) is 0.817. The summed E-state index contributed by atoms with van der Waals surface area (Å²) in [6.07, 6.45) is -1.77. The fourth-order valence-corrected chi connectivity index (χ4v) is 4.83. The van der Waals surface area contributed by atoms with Crippen molar-refractivity contribution in [3.8, 4) is 28.7 Å². The number of ether oxygens (including phenoxy) is 3. The summed E-state index contributed by atoms with van der Waals surface area (Å²) in [6.45, 7) is 1.73. The van der Waals surface area contributed by atoms with Gasteiger partial charge in [-0.05, 0) is 41.8 Å². The van der Waals surface area contributed by atoms with Gasteiger partial charge in [-0.3, -0.25) is 9.59 Å². The second-order valence-corrected chi connectivity index (χ2v) is 9.32. The first kappa shape index (κ1) is 26.6. The van der Waals surface area contributed by atoms with E-state index in [9.17, 15) is 39.9 Å². The van der Waals surface area contributed by atoms with Crippen LogP contribution in [0.2, 0.25) is 0 Å². The van der Waals surface area contributed by atoms with E-state index in [4.69, 9.17) is 14.2 Å². The maximum Gasteiger partial charge on any atom is 0.343 e. The molecular weight excluding hydrogens is 524 g/mol. The van der Waals surface area contributed by atoms with E-state index in [2.05, 4.69) is 0 Å². The Morgan fingerprint density at radius 3 is 2.35 bits per heavy atom. The van der Waals surface area contributed by atoms with Crippen LogP contribution in [0.5, 0.6) is 28.7 Å². The number of aromatic hydroxyl groups is 3. The molecule has 2 atom stereocenters. The van der Waals surface area contributed by atoms with Gasteiger partial charge >= 0.3 is 5.97 Å². The molecule has 206 valence electrons. The molecule has 0 bridgehead atoms. The zero-order chi connectivity index (χ0) is 28.9. The molecule has 0 aromatic heterocycles. The first-order chi connectivity index (χ1) is 19.0. The van der Waals surface area contributed by atoms with Gasteiger partial charge in [0.2, 0.25) is 23.1 Å². The van der Waals surface area contributed by atoms with Crippen molar-refractivity contribution in [3.63, 3.8) is 0 Å². The number of allylic oxidation sites excluding steroid dienone is 2. The summed E-state index contributed by atoms with van der Waals surface area (Å²) in [6, 6.07) is 9.06. The van der Waals surface area contributed by atoms with Crippen LogP contribution in [0.1, 0.15) is 60.8 Å². The highest BCUT2D eigenvalue weighted by Crippen LogP contribution is 2.43. The number of carbonyl (C=O) groups excluding carboxylic acids is 3. The number of phenolic OH excluding ortho intramolecular Hbond substituents is 3. The van der Waals surface area contributed by atoms with Crippen LogP contribution in [0.15, 0.2) is 54.0 Å². The number of benzene rings is 3. The van der Waals surface area contributed by atoms with Crippen molar-refractivity contribution >= 4 is 17.5 Å². The van der Waals surface area contributed by atoms with Crippen LogP contribution in [0.3, 0.4) is 0 Å². The van der Waals surface area contributed by atoms with Crippen LogP contribution < -0.4 is 9.47 Å². The number of aliphatic hydroxyl groups is 2. The van der Waals surface area contributed by atoms with Gasteiger partial charge in [0, 0.05) is 35.2 Å². The lowest BCUT2D eigenvalue weighted by Crippen LogP contribution is -2.30. The van der Waals surface area contributed by atoms with Gasteiger partial charge in [-0.1, -0.05) is 13.0 Å². The summed E-state index contributed by atoms with van der Waals surface area (Å²) in [5, 5.41) is 50.7. The summed E-state index contributed by atoms with van der Waals surface area (Å²) in [5.74, 6) is -4.80. The molecule has 0 saturated heterocycles. The number of hydrogen-bond acceptors (Lipinski definition) is 11. The van der Waals surface area contributed by atoms with E-state index in [0.29, 0.717) is 17.5 Å². The zero-order valence-electron chi connectivity index (χ0n) is 21.3. The number of carbonyl (C=O) groups is 3. The summed E-state index contributed by atoms with van der Waals surface area (Å²) in [7, 11) is 1.13. The number of aliphatic hydroxyl groups excluding tert-OH is 2. The fraction of sp³-hybridized carbons (Fsp3) is 0.207. The Bertz CT molecular complexity index is 1620.